The molecule has 2 rings (SSSR count). The van der Waals surface area contributed by atoms with Crippen LogP contribution in [-0.4, -0.2) is 47.7 Å². The van der Waals surface area contributed by atoms with Crippen LogP contribution in [0.5, 0.6) is 0 Å². The summed E-state index contributed by atoms with van der Waals surface area (Å²) in [6.07, 6.45) is 2.94. The zero-order valence-electron chi connectivity index (χ0n) is 10.1. The van der Waals surface area contributed by atoms with Crippen LogP contribution in [0.4, 0.5) is 0 Å². The van der Waals surface area contributed by atoms with E-state index in [1.807, 2.05) is 0 Å². The van der Waals surface area contributed by atoms with Crippen molar-refractivity contribution < 1.29 is 19.4 Å². The highest BCUT2D eigenvalue weighted by atomic mass is 16.5. The van der Waals surface area contributed by atoms with E-state index >= 15 is 0 Å². The van der Waals surface area contributed by atoms with Crippen LogP contribution in [0.1, 0.15) is 32.6 Å². The van der Waals surface area contributed by atoms with Crippen molar-refractivity contribution >= 4 is 11.9 Å². The van der Waals surface area contributed by atoms with Crippen LogP contribution in [0, 0.1) is 5.41 Å². The smallest absolute Gasteiger partial charge is 0.311 e. The van der Waals surface area contributed by atoms with Gasteiger partial charge in [-0.15, -0.1) is 0 Å². The lowest BCUT2D eigenvalue weighted by Gasteiger charge is -2.21. The van der Waals surface area contributed by atoms with Crippen LogP contribution in [0.3, 0.4) is 0 Å². The van der Waals surface area contributed by atoms with E-state index in [2.05, 4.69) is 0 Å². The minimum Gasteiger partial charge on any atom is -0.481 e. The molecule has 0 saturated carbocycles. The highest BCUT2D eigenvalue weighted by Crippen LogP contribution is 2.31. The van der Waals surface area contributed by atoms with Crippen LogP contribution in [0.2, 0.25) is 0 Å². The van der Waals surface area contributed by atoms with E-state index in [1.54, 1.807) is 11.8 Å². The molecular weight excluding hydrogens is 222 g/mol. The molecule has 96 valence electrons. The van der Waals surface area contributed by atoms with E-state index in [9.17, 15) is 9.59 Å². The Labute approximate surface area is 101 Å². The molecule has 0 aromatic heterocycles. The first-order valence-electron chi connectivity index (χ1n) is 6.14. The van der Waals surface area contributed by atoms with Crippen molar-refractivity contribution in [3.05, 3.63) is 0 Å². The van der Waals surface area contributed by atoms with Crippen molar-refractivity contribution in [2.75, 3.05) is 19.7 Å². The van der Waals surface area contributed by atoms with Gasteiger partial charge < -0.3 is 14.7 Å². The average molecular weight is 241 g/mol. The Kier molecular flexibility index (Phi) is 3.38. The number of carboxylic acid groups (broad SMARTS) is 1. The highest BCUT2D eigenvalue weighted by Gasteiger charge is 2.42. The number of ether oxygens (including phenoxy) is 1. The molecular formula is C12H19NO4. The largest absolute Gasteiger partial charge is 0.481 e. The molecule has 2 aliphatic heterocycles. The van der Waals surface area contributed by atoms with Crippen LogP contribution < -0.4 is 0 Å². The van der Waals surface area contributed by atoms with Crippen LogP contribution in [0.25, 0.3) is 0 Å². The van der Waals surface area contributed by atoms with Crippen molar-refractivity contribution in [3.63, 3.8) is 0 Å². The molecule has 5 nitrogen and oxygen atoms in total. The number of aliphatic carboxylic acids is 1. The second kappa shape index (κ2) is 4.64. The first kappa shape index (κ1) is 12.4. The zero-order valence-corrected chi connectivity index (χ0v) is 10.1. The molecule has 2 fully saturated rings. The van der Waals surface area contributed by atoms with E-state index in [-0.39, 0.29) is 12.0 Å². The quantitative estimate of drug-likeness (QED) is 0.796. The molecule has 5 heteroatoms. The van der Waals surface area contributed by atoms with Gasteiger partial charge in [0.05, 0.1) is 17.9 Å². The summed E-state index contributed by atoms with van der Waals surface area (Å²) in [7, 11) is 0. The van der Waals surface area contributed by atoms with Gasteiger partial charge in [0.1, 0.15) is 0 Å². The lowest BCUT2D eigenvalue weighted by molar-refractivity contribution is -0.147. The van der Waals surface area contributed by atoms with Gasteiger partial charge in [0.2, 0.25) is 5.91 Å². The third kappa shape index (κ3) is 2.60. The summed E-state index contributed by atoms with van der Waals surface area (Å²) in [4.78, 5) is 24.7. The van der Waals surface area contributed by atoms with Crippen molar-refractivity contribution in [1.82, 2.24) is 4.90 Å². The normalized spacial score (nSPS) is 33.0. The summed E-state index contributed by atoms with van der Waals surface area (Å²) in [5.41, 5.74) is -0.772. The minimum absolute atomic E-state index is 0.0295. The molecule has 2 heterocycles. The molecule has 0 unspecified atom stereocenters. The van der Waals surface area contributed by atoms with Gasteiger partial charge in [-0.25, -0.2) is 0 Å². The molecule has 2 atom stereocenters. The van der Waals surface area contributed by atoms with Gasteiger partial charge in [-0.05, 0) is 26.2 Å². The van der Waals surface area contributed by atoms with Gasteiger partial charge in [0, 0.05) is 19.7 Å². The van der Waals surface area contributed by atoms with E-state index in [0.29, 0.717) is 25.9 Å². The molecule has 0 radical (unpaired) electrons. The van der Waals surface area contributed by atoms with E-state index < -0.39 is 11.4 Å². The van der Waals surface area contributed by atoms with E-state index in [4.69, 9.17) is 9.84 Å². The Bertz CT molecular complexity index is 324. The second-order valence-corrected chi connectivity index (χ2v) is 5.27. The van der Waals surface area contributed by atoms with Gasteiger partial charge in [-0.1, -0.05) is 0 Å². The molecule has 1 amide bonds. The van der Waals surface area contributed by atoms with Crippen LogP contribution in [-0.2, 0) is 14.3 Å². The van der Waals surface area contributed by atoms with E-state index in [0.717, 1.165) is 19.4 Å². The Hall–Kier alpha value is -1.10. The maximum absolute atomic E-state index is 12.0. The highest BCUT2D eigenvalue weighted by molar-refractivity contribution is 5.80. The monoisotopic (exact) mass is 241 g/mol. The average Bonchev–Trinajstić information content (AvgIpc) is 2.88. The topological polar surface area (TPSA) is 66.8 Å². The maximum atomic E-state index is 12.0. The predicted molar refractivity (Wildman–Crippen MR) is 60.5 cm³/mol. The molecule has 0 spiro atoms. The minimum atomic E-state index is -0.815. The lowest BCUT2D eigenvalue weighted by Crippen LogP contribution is -2.36. The first-order chi connectivity index (χ1) is 8.01. The van der Waals surface area contributed by atoms with Crippen molar-refractivity contribution in [2.45, 2.75) is 38.7 Å². The Balaban J connectivity index is 1.87. The summed E-state index contributed by atoms with van der Waals surface area (Å²) in [5, 5.41) is 9.09. The summed E-state index contributed by atoms with van der Waals surface area (Å²) < 4.78 is 5.42. The van der Waals surface area contributed by atoms with Crippen molar-refractivity contribution in [1.29, 1.82) is 0 Å². The zero-order chi connectivity index (χ0) is 12.5. The van der Waals surface area contributed by atoms with Gasteiger partial charge in [0.15, 0.2) is 0 Å². The number of likely N-dealkylation sites (tertiary alicyclic amines) is 1. The van der Waals surface area contributed by atoms with Gasteiger partial charge >= 0.3 is 5.97 Å². The first-order valence-corrected chi connectivity index (χ1v) is 6.14. The van der Waals surface area contributed by atoms with Crippen LogP contribution >= 0.6 is 0 Å². The number of rotatable bonds is 3. The molecule has 2 aliphatic rings. The SMILES string of the molecule is C[C@]1(C(=O)O)CCN(C(=O)C[C@H]2CCCO2)C1. The van der Waals surface area contributed by atoms with Gasteiger partial charge in [0.25, 0.3) is 0 Å². The summed E-state index contributed by atoms with van der Waals surface area (Å²) in [6, 6.07) is 0. The predicted octanol–water partition coefficient (Wildman–Crippen LogP) is 0.879. The number of hydrogen-bond donors (Lipinski definition) is 1. The molecule has 0 aliphatic carbocycles. The third-order valence-corrected chi connectivity index (χ3v) is 3.77. The van der Waals surface area contributed by atoms with Crippen LogP contribution in [0.15, 0.2) is 0 Å². The number of amides is 1. The maximum Gasteiger partial charge on any atom is 0.311 e. The number of nitrogens with zero attached hydrogens (tertiary/aromatic N) is 1. The Morgan fingerprint density at radius 2 is 2.29 bits per heavy atom. The fraction of sp³-hybridized carbons (Fsp3) is 0.833. The summed E-state index contributed by atoms with van der Waals surface area (Å²) in [6.45, 7) is 3.32. The molecule has 0 aromatic rings. The second-order valence-electron chi connectivity index (χ2n) is 5.27. The number of carbonyl (C=O) groups excluding carboxylic acids is 1. The number of carbonyl (C=O) groups is 2. The lowest BCUT2D eigenvalue weighted by atomic mass is 9.90. The summed E-state index contributed by atoms with van der Waals surface area (Å²) >= 11 is 0. The molecule has 0 bridgehead atoms. The fourth-order valence-electron chi connectivity index (χ4n) is 2.48. The number of carboxylic acids is 1. The van der Waals surface area contributed by atoms with E-state index in [1.165, 1.54) is 0 Å². The summed E-state index contributed by atoms with van der Waals surface area (Å²) in [5.74, 6) is -0.785. The fourth-order valence-corrected chi connectivity index (χ4v) is 2.48. The molecule has 0 aromatic carbocycles. The third-order valence-electron chi connectivity index (χ3n) is 3.77. The Morgan fingerprint density at radius 1 is 1.53 bits per heavy atom. The van der Waals surface area contributed by atoms with Crippen molar-refractivity contribution in [2.24, 2.45) is 5.41 Å². The van der Waals surface area contributed by atoms with Gasteiger partial charge in [-0.2, -0.15) is 0 Å². The molecule has 2 saturated heterocycles. The van der Waals surface area contributed by atoms with Crippen molar-refractivity contribution in [3.8, 4) is 0 Å². The standard InChI is InChI=1S/C12H19NO4/c1-12(11(15)16)4-5-13(8-12)10(14)7-9-3-2-6-17-9/h9H,2-8H2,1H3,(H,15,16)/t9-,12+/m1/s1. The van der Waals surface area contributed by atoms with Gasteiger partial charge in [-0.3, -0.25) is 9.59 Å². The molecule has 17 heavy (non-hydrogen) atoms. The Morgan fingerprint density at radius 3 is 2.82 bits per heavy atom. The number of hydrogen-bond acceptors (Lipinski definition) is 3. The molecule has 1 N–H and O–H groups in total.